The minimum absolute atomic E-state index is 0.0369. The van der Waals surface area contributed by atoms with Crippen molar-refractivity contribution in [1.82, 2.24) is 0 Å². The summed E-state index contributed by atoms with van der Waals surface area (Å²) in [5.41, 5.74) is 0.432. The van der Waals surface area contributed by atoms with Crippen molar-refractivity contribution >= 4 is 36.1 Å². The van der Waals surface area contributed by atoms with E-state index in [1.165, 1.54) is 18.2 Å². The van der Waals surface area contributed by atoms with Crippen molar-refractivity contribution < 1.29 is 23.9 Å². The summed E-state index contributed by atoms with van der Waals surface area (Å²) in [7, 11) is -4.47. The second-order valence-corrected chi connectivity index (χ2v) is 6.31. The fraction of sp³-hybridized carbons (Fsp3) is 0.0714. The summed E-state index contributed by atoms with van der Waals surface area (Å²) in [4.78, 5) is 30.2. The highest BCUT2D eigenvalue weighted by Gasteiger charge is 2.22. The molecule has 2 rings (SSSR count). The molecule has 2 aromatic rings. The smallest absolute Gasteiger partial charge is 0.359 e. The lowest BCUT2D eigenvalue weighted by Crippen LogP contribution is -2.22. The second-order valence-electron chi connectivity index (χ2n) is 4.33. The van der Waals surface area contributed by atoms with Gasteiger partial charge in [-0.15, -0.1) is 0 Å². The molecule has 0 aliphatic rings. The third-order valence-electron chi connectivity index (χ3n) is 2.69. The van der Waals surface area contributed by atoms with Crippen LogP contribution in [0.3, 0.4) is 0 Å². The number of rotatable bonds is 5. The van der Waals surface area contributed by atoms with E-state index in [1.807, 2.05) is 0 Å². The highest BCUT2D eigenvalue weighted by atomic mass is 35.5. The van der Waals surface area contributed by atoms with Crippen LogP contribution in [0.1, 0.15) is 0 Å². The molecular formula is C14H13ClNO5P. The third-order valence-corrected chi connectivity index (χ3v) is 4.01. The van der Waals surface area contributed by atoms with E-state index < -0.39 is 20.1 Å². The molecule has 0 bridgehead atoms. The minimum Gasteiger partial charge on any atom is -0.483 e. The monoisotopic (exact) mass is 341 g/mol. The molecule has 0 spiro atoms. The van der Waals surface area contributed by atoms with Crippen molar-refractivity contribution in [3.8, 4) is 5.75 Å². The molecular weight excluding hydrogens is 329 g/mol. The van der Waals surface area contributed by atoms with Crippen LogP contribution in [0.15, 0.2) is 48.5 Å². The van der Waals surface area contributed by atoms with Crippen molar-refractivity contribution in [3.05, 3.63) is 53.6 Å². The topological polar surface area (TPSA) is 95.9 Å². The number of carbonyl (C=O) groups is 1. The molecule has 0 heterocycles. The average Bonchev–Trinajstić information content (AvgIpc) is 2.47. The van der Waals surface area contributed by atoms with E-state index in [9.17, 15) is 19.1 Å². The van der Waals surface area contributed by atoms with Gasteiger partial charge in [-0.25, -0.2) is 0 Å². The lowest BCUT2D eigenvalue weighted by Gasteiger charge is -2.12. The van der Waals surface area contributed by atoms with Gasteiger partial charge >= 0.3 is 7.60 Å². The Morgan fingerprint density at radius 1 is 1.14 bits per heavy atom. The van der Waals surface area contributed by atoms with Crippen molar-refractivity contribution in [3.63, 3.8) is 0 Å². The fourth-order valence-electron chi connectivity index (χ4n) is 1.71. The third kappa shape index (κ3) is 4.32. The molecule has 0 radical (unpaired) electrons. The Morgan fingerprint density at radius 2 is 1.77 bits per heavy atom. The van der Waals surface area contributed by atoms with Crippen LogP contribution >= 0.6 is 19.2 Å². The van der Waals surface area contributed by atoms with E-state index in [2.05, 4.69) is 5.32 Å². The van der Waals surface area contributed by atoms with Gasteiger partial charge in [-0.2, -0.15) is 0 Å². The first-order valence-electron chi connectivity index (χ1n) is 6.20. The number of anilines is 1. The number of ether oxygens (including phenoxy) is 1. The zero-order valence-corrected chi connectivity index (χ0v) is 12.9. The Kier molecular flexibility index (Phi) is 5.21. The first kappa shape index (κ1) is 16.5. The number of hydrogen-bond acceptors (Lipinski definition) is 3. The van der Waals surface area contributed by atoms with E-state index in [4.69, 9.17) is 16.3 Å². The normalized spacial score (nSPS) is 11.0. The molecule has 22 heavy (non-hydrogen) atoms. The summed E-state index contributed by atoms with van der Waals surface area (Å²) in [6, 6.07) is 12.4. The molecule has 0 atom stereocenters. The summed E-state index contributed by atoms with van der Waals surface area (Å²) in [6.07, 6.45) is 0. The molecule has 0 saturated carbocycles. The molecule has 3 N–H and O–H groups in total. The number of hydrogen-bond donors (Lipinski definition) is 3. The summed E-state index contributed by atoms with van der Waals surface area (Å²) >= 11 is 5.91. The largest absolute Gasteiger partial charge is 0.483 e. The van der Waals surface area contributed by atoms with Crippen LogP contribution in [0.5, 0.6) is 5.75 Å². The van der Waals surface area contributed by atoms with Gasteiger partial charge in [0.1, 0.15) is 11.1 Å². The number of carbonyl (C=O) groups excluding carboxylic acids is 1. The predicted octanol–water partition coefficient (Wildman–Crippen LogP) is 2.16. The molecule has 0 aliphatic heterocycles. The first-order chi connectivity index (χ1) is 10.4. The fourth-order valence-corrected chi connectivity index (χ4v) is 2.60. The van der Waals surface area contributed by atoms with E-state index in [1.54, 1.807) is 30.3 Å². The Bertz CT molecular complexity index is 731. The Balaban J connectivity index is 2.04. The quantitative estimate of drug-likeness (QED) is 0.724. The molecule has 0 aliphatic carbocycles. The maximum Gasteiger partial charge on any atom is 0.359 e. The van der Waals surface area contributed by atoms with Crippen molar-refractivity contribution in [1.29, 1.82) is 0 Å². The molecule has 0 fully saturated rings. The lowest BCUT2D eigenvalue weighted by molar-refractivity contribution is -0.118. The van der Waals surface area contributed by atoms with Crippen LogP contribution in [-0.2, 0) is 9.36 Å². The van der Waals surface area contributed by atoms with Gasteiger partial charge < -0.3 is 19.8 Å². The van der Waals surface area contributed by atoms with Gasteiger partial charge in [0.25, 0.3) is 5.91 Å². The number of halogens is 1. The molecule has 6 nitrogen and oxygen atoms in total. The van der Waals surface area contributed by atoms with Gasteiger partial charge in [-0.3, -0.25) is 9.36 Å². The second kappa shape index (κ2) is 6.94. The SMILES string of the molecule is O=C(COc1ccccc1P(=O)(O)O)Nc1ccccc1Cl. The molecule has 116 valence electrons. The standard InChI is InChI=1S/C14H13ClNO5P/c15-10-5-1-2-6-11(10)16-14(17)9-21-12-7-3-4-8-13(12)22(18,19)20/h1-8H,9H2,(H,16,17)(H2,18,19,20). The Morgan fingerprint density at radius 3 is 2.45 bits per heavy atom. The van der Waals surface area contributed by atoms with Crippen LogP contribution in [0.25, 0.3) is 0 Å². The van der Waals surface area contributed by atoms with Crippen molar-refractivity contribution in [2.75, 3.05) is 11.9 Å². The van der Waals surface area contributed by atoms with Gasteiger partial charge in [0, 0.05) is 0 Å². The summed E-state index contributed by atoms with van der Waals surface area (Å²) in [5.74, 6) is -0.529. The first-order valence-corrected chi connectivity index (χ1v) is 8.19. The number of para-hydroxylation sites is 2. The van der Waals surface area contributed by atoms with E-state index >= 15 is 0 Å². The van der Waals surface area contributed by atoms with Crippen LogP contribution in [0.2, 0.25) is 5.02 Å². The van der Waals surface area contributed by atoms with Crippen LogP contribution < -0.4 is 15.4 Å². The number of benzene rings is 2. The number of nitrogens with one attached hydrogen (secondary N) is 1. The molecule has 1 amide bonds. The van der Waals surface area contributed by atoms with Crippen LogP contribution in [0, 0.1) is 0 Å². The highest BCUT2D eigenvalue weighted by molar-refractivity contribution is 7.60. The zero-order chi connectivity index (χ0) is 16.2. The van der Waals surface area contributed by atoms with E-state index in [0.29, 0.717) is 10.7 Å². The predicted molar refractivity (Wildman–Crippen MR) is 83.7 cm³/mol. The maximum absolute atomic E-state index is 11.8. The van der Waals surface area contributed by atoms with Crippen LogP contribution in [-0.4, -0.2) is 22.3 Å². The van der Waals surface area contributed by atoms with Gasteiger partial charge in [0.15, 0.2) is 6.61 Å². The van der Waals surface area contributed by atoms with Gasteiger partial charge in [-0.1, -0.05) is 35.9 Å². The number of amides is 1. The molecule has 0 aromatic heterocycles. The maximum atomic E-state index is 11.8. The molecule has 0 saturated heterocycles. The summed E-state index contributed by atoms with van der Waals surface area (Å²) in [5, 5.41) is 2.67. The molecule has 2 aromatic carbocycles. The van der Waals surface area contributed by atoms with Crippen LogP contribution in [0.4, 0.5) is 5.69 Å². The molecule has 8 heteroatoms. The van der Waals surface area contributed by atoms with E-state index in [-0.39, 0.29) is 11.1 Å². The Hall–Kier alpha value is -1.85. The lowest BCUT2D eigenvalue weighted by atomic mass is 10.3. The summed E-state index contributed by atoms with van der Waals surface area (Å²) in [6.45, 7) is -0.401. The van der Waals surface area contributed by atoms with Gasteiger partial charge in [-0.05, 0) is 24.3 Å². The minimum atomic E-state index is -4.47. The van der Waals surface area contributed by atoms with Crippen molar-refractivity contribution in [2.45, 2.75) is 0 Å². The van der Waals surface area contributed by atoms with E-state index in [0.717, 1.165) is 0 Å². The summed E-state index contributed by atoms with van der Waals surface area (Å²) < 4.78 is 16.5. The molecule has 0 unspecified atom stereocenters. The van der Waals surface area contributed by atoms with Crippen molar-refractivity contribution in [2.24, 2.45) is 0 Å². The van der Waals surface area contributed by atoms with Gasteiger partial charge in [0.05, 0.1) is 10.7 Å². The highest BCUT2D eigenvalue weighted by Crippen LogP contribution is 2.37. The average molecular weight is 342 g/mol. The Labute approximate surface area is 131 Å². The zero-order valence-electron chi connectivity index (χ0n) is 11.3. The van der Waals surface area contributed by atoms with Gasteiger partial charge in [0.2, 0.25) is 0 Å².